The van der Waals surface area contributed by atoms with Crippen LogP contribution in [0, 0.1) is 17.8 Å². The van der Waals surface area contributed by atoms with Gasteiger partial charge in [-0.25, -0.2) is 0 Å². The minimum Gasteiger partial charge on any atom is -0.462 e. The first-order valence-electron chi connectivity index (χ1n) is 27.2. The van der Waals surface area contributed by atoms with Gasteiger partial charge < -0.3 is 14.2 Å². The van der Waals surface area contributed by atoms with E-state index in [-0.39, 0.29) is 31.1 Å². The van der Waals surface area contributed by atoms with Crippen molar-refractivity contribution in [2.75, 3.05) is 13.2 Å². The molecule has 0 spiro atoms. The summed E-state index contributed by atoms with van der Waals surface area (Å²) in [6, 6.07) is 0. The highest BCUT2D eigenvalue weighted by atomic mass is 16.6. The quantitative estimate of drug-likeness (QED) is 0.0344. The van der Waals surface area contributed by atoms with E-state index in [1.807, 2.05) is 0 Å². The molecule has 0 N–H and O–H groups in total. The maximum absolute atomic E-state index is 12.8. The Labute approximate surface area is 380 Å². The molecule has 0 saturated heterocycles. The van der Waals surface area contributed by atoms with Gasteiger partial charge in [-0.1, -0.05) is 260 Å². The lowest BCUT2D eigenvalue weighted by Gasteiger charge is -2.18. The molecule has 0 aliphatic rings. The van der Waals surface area contributed by atoms with Crippen LogP contribution in [-0.4, -0.2) is 37.2 Å². The lowest BCUT2D eigenvalue weighted by molar-refractivity contribution is -0.167. The number of ether oxygens (including phenoxy) is 3. The molecule has 61 heavy (non-hydrogen) atoms. The van der Waals surface area contributed by atoms with Crippen molar-refractivity contribution in [2.24, 2.45) is 17.8 Å². The molecular weight excluding hydrogens is 757 g/mol. The predicted molar refractivity (Wildman–Crippen MR) is 261 cm³/mol. The second-order valence-corrected chi connectivity index (χ2v) is 19.8. The van der Waals surface area contributed by atoms with Crippen LogP contribution in [0.15, 0.2) is 0 Å². The van der Waals surface area contributed by atoms with Crippen molar-refractivity contribution in [2.45, 2.75) is 304 Å². The van der Waals surface area contributed by atoms with Crippen LogP contribution in [0.2, 0.25) is 0 Å². The largest absolute Gasteiger partial charge is 0.462 e. The topological polar surface area (TPSA) is 78.9 Å². The van der Waals surface area contributed by atoms with E-state index in [1.54, 1.807) is 0 Å². The zero-order chi connectivity index (χ0) is 44.9. The van der Waals surface area contributed by atoms with Gasteiger partial charge in [0.1, 0.15) is 13.2 Å². The summed E-state index contributed by atoms with van der Waals surface area (Å²) in [5, 5.41) is 0. The smallest absolute Gasteiger partial charge is 0.306 e. The van der Waals surface area contributed by atoms with E-state index in [2.05, 4.69) is 41.5 Å². The molecule has 0 aromatic rings. The second-order valence-electron chi connectivity index (χ2n) is 19.8. The average molecular weight is 863 g/mol. The van der Waals surface area contributed by atoms with E-state index in [4.69, 9.17) is 14.2 Å². The highest BCUT2D eigenvalue weighted by Gasteiger charge is 2.19. The first kappa shape index (κ1) is 59.4. The summed E-state index contributed by atoms with van der Waals surface area (Å²) in [6.07, 6.45) is 46.6. The van der Waals surface area contributed by atoms with E-state index in [0.717, 1.165) is 75.5 Å². The minimum absolute atomic E-state index is 0.0651. The molecule has 6 heteroatoms. The average Bonchev–Trinajstić information content (AvgIpc) is 3.24. The Balaban J connectivity index is 4.24. The summed E-state index contributed by atoms with van der Waals surface area (Å²) in [5.41, 5.74) is 0. The number of hydrogen-bond donors (Lipinski definition) is 0. The maximum atomic E-state index is 12.8. The fourth-order valence-corrected chi connectivity index (χ4v) is 8.23. The van der Waals surface area contributed by atoms with Gasteiger partial charge in [0.15, 0.2) is 6.10 Å². The summed E-state index contributed by atoms with van der Waals surface area (Å²) in [6.45, 7) is 13.7. The first-order valence-corrected chi connectivity index (χ1v) is 27.2. The van der Waals surface area contributed by atoms with Crippen molar-refractivity contribution < 1.29 is 28.6 Å². The molecule has 0 radical (unpaired) electrons. The van der Waals surface area contributed by atoms with Gasteiger partial charge in [0, 0.05) is 19.3 Å². The number of esters is 3. The van der Waals surface area contributed by atoms with Crippen LogP contribution in [0.4, 0.5) is 0 Å². The molecule has 362 valence electrons. The summed E-state index contributed by atoms with van der Waals surface area (Å²) in [4.78, 5) is 38.0. The Hall–Kier alpha value is -1.59. The van der Waals surface area contributed by atoms with Gasteiger partial charge in [0.2, 0.25) is 0 Å². The first-order chi connectivity index (χ1) is 29.7. The summed E-state index contributed by atoms with van der Waals surface area (Å²) in [7, 11) is 0. The molecule has 0 aliphatic heterocycles. The van der Waals surface area contributed by atoms with Crippen molar-refractivity contribution >= 4 is 17.9 Å². The molecule has 0 saturated carbocycles. The van der Waals surface area contributed by atoms with Crippen molar-refractivity contribution in [3.63, 3.8) is 0 Å². The lowest BCUT2D eigenvalue weighted by atomic mass is 9.99. The zero-order valence-corrected chi connectivity index (χ0v) is 42.0. The molecule has 0 aromatic heterocycles. The third-order valence-electron chi connectivity index (χ3n) is 13.1. The van der Waals surface area contributed by atoms with Crippen LogP contribution in [0.1, 0.15) is 298 Å². The Morgan fingerprint density at radius 1 is 0.328 bits per heavy atom. The molecule has 2 unspecified atom stereocenters. The van der Waals surface area contributed by atoms with Crippen LogP contribution in [0.5, 0.6) is 0 Å². The van der Waals surface area contributed by atoms with Crippen molar-refractivity contribution in [3.8, 4) is 0 Å². The fraction of sp³-hybridized carbons (Fsp3) is 0.945. The Morgan fingerprint density at radius 3 is 0.852 bits per heavy atom. The summed E-state index contributed by atoms with van der Waals surface area (Å²) in [5.74, 6) is 1.68. The molecule has 0 aromatic carbocycles. The van der Waals surface area contributed by atoms with Crippen molar-refractivity contribution in [1.29, 1.82) is 0 Å². The maximum Gasteiger partial charge on any atom is 0.306 e. The van der Waals surface area contributed by atoms with E-state index < -0.39 is 6.10 Å². The van der Waals surface area contributed by atoms with Crippen molar-refractivity contribution in [3.05, 3.63) is 0 Å². The van der Waals surface area contributed by atoms with Crippen LogP contribution in [-0.2, 0) is 28.6 Å². The van der Waals surface area contributed by atoms with Gasteiger partial charge in [0.05, 0.1) is 0 Å². The zero-order valence-electron chi connectivity index (χ0n) is 42.0. The molecule has 0 heterocycles. The van der Waals surface area contributed by atoms with Gasteiger partial charge in [-0.15, -0.1) is 0 Å². The molecule has 0 rings (SSSR count). The van der Waals surface area contributed by atoms with Crippen LogP contribution in [0.3, 0.4) is 0 Å². The Kier molecular flexibility index (Phi) is 45.2. The molecule has 0 fully saturated rings. The van der Waals surface area contributed by atoms with Gasteiger partial charge >= 0.3 is 17.9 Å². The standard InChI is InChI=1S/C55H106O6/c1-7-50(5)42-36-30-24-20-17-18-22-26-33-39-45-54(57)60-48-52(61-55(58)46-40-34-28-27-31-37-43-51(6)8-2)47-59-53(56)44-38-32-25-21-16-14-12-10-9-11-13-15-19-23-29-35-41-49(3)4/h49-52H,7-48H2,1-6H3/t50?,51?,52-/m1/s1. The minimum atomic E-state index is -0.764. The summed E-state index contributed by atoms with van der Waals surface area (Å²) >= 11 is 0. The third-order valence-corrected chi connectivity index (χ3v) is 13.1. The number of carbonyl (C=O) groups excluding carboxylic acids is 3. The SMILES string of the molecule is CCC(C)CCCCCCCCCCCCC(=O)OC[C@@H](COC(=O)CCCCCCCCCCCCCCCCCCC(C)C)OC(=O)CCCCCCCCC(C)CC. The molecule has 6 nitrogen and oxygen atoms in total. The number of unbranched alkanes of at least 4 members (excludes halogenated alkanes) is 29. The highest BCUT2D eigenvalue weighted by Crippen LogP contribution is 2.19. The van der Waals surface area contributed by atoms with E-state index in [0.29, 0.717) is 19.3 Å². The highest BCUT2D eigenvalue weighted by molar-refractivity contribution is 5.71. The van der Waals surface area contributed by atoms with Gasteiger partial charge in [-0.3, -0.25) is 14.4 Å². The van der Waals surface area contributed by atoms with Crippen LogP contribution >= 0.6 is 0 Å². The van der Waals surface area contributed by atoms with Gasteiger partial charge in [-0.05, 0) is 37.0 Å². The van der Waals surface area contributed by atoms with Gasteiger partial charge in [0.25, 0.3) is 0 Å². The summed E-state index contributed by atoms with van der Waals surface area (Å²) < 4.78 is 16.8. The normalized spacial score (nSPS) is 13.0. The number of rotatable bonds is 48. The molecular formula is C55H106O6. The lowest BCUT2D eigenvalue weighted by Crippen LogP contribution is -2.30. The Bertz CT molecular complexity index is 949. The molecule has 0 bridgehead atoms. The monoisotopic (exact) mass is 863 g/mol. The molecule has 3 atom stereocenters. The van der Waals surface area contributed by atoms with E-state index in [9.17, 15) is 14.4 Å². The molecule has 0 amide bonds. The number of hydrogen-bond acceptors (Lipinski definition) is 6. The fourth-order valence-electron chi connectivity index (χ4n) is 8.23. The third kappa shape index (κ3) is 46.2. The van der Waals surface area contributed by atoms with Crippen LogP contribution in [0.25, 0.3) is 0 Å². The van der Waals surface area contributed by atoms with E-state index in [1.165, 1.54) is 180 Å². The van der Waals surface area contributed by atoms with Crippen LogP contribution < -0.4 is 0 Å². The second kappa shape index (κ2) is 46.4. The predicted octanol–water partition coefficient (Wildman–Crippen LogP) is 17.6. The van der Waals surface area contributed by atoms with Gasteiger partial charge in [-0.2, -0.15) is 0 Å². The van der Waals surface area contributed by atoms with Crippen molar-refractivity contribution in [1.82, 2.24) is 0 Å². The van der Waals surface area contributed by atoms with E-state index >= 15 is 0 Å². The number of carbonyl (C=O) groups is 3. The Morgan fingerprint density at radius 2 is 0.574 bits per heavy atom. The molecule has 0 aliphatic carbocycles.